The summed E-state index contributed by atoms with van der Waals surface area (Å²) in [4.78, 5) is 19.5. The summed E-state index contributed by atoms with van der Waals surface area (Å²) in [6.45, 7) is 3.81. The number of nitrogens with zero attached hydrogens (tertiary/aromatic N) is 2. The van der Waals surface area contributed by atoms with Crippen LogP contribution in [0.4, 0.5) is 13.2 Å². The number of oxime groups is 1. The third kappa shape index (κ3) is 4.52. The molecule has 1 atom stereocenters. The minimum absolute atomic E-state index is 0.101. The molecule has 0 bridgehead atoms. The lowest BCUT2D eigenvalue weighted by Gasteiger charge is -2.26. The first-order valence-electron chi connectivity index (χ1n) is 9.05. The molecule has 0 aromatic heterocycles. The van der Waals surface area contributed by atoms with Crippen molar-refractivity contribution < 1.29 is 22.8 Å². The van der Waals surface area contributed by atoms with E-state index in [1.165, 1.54) is 17.0 Å². The summed E-state index contributed by atoms with van der Waals surface area (Å²) < 4.78 is 41.1. The average Bonchev–Trinajstić information content (AvgIpc) is 3.10. The standard InChI is InChI=1S/C21H21F3N2O2/c1-13(2)21(27)26(11-14-5-3-4-6-18(14)23)12-16-10-20(25-28-16)17-8-7-15(22)9-19(17)24/h3-9,13,16H,10-12H2,1-2H3/t16-/m1/s1. The third-order valence-electron chi connectivity index (χ3n) is 4.52. The van der Waals surface area contributed by atoms with Crippen LogP contribution in [0.3, 0.4) is 0 Å². The van der Waals surface area contributed by atoms with Crippen LogP contribution in [0.15, 0.2) is 47.6 Å². The minimum Gasteiger partial charge on any atom is -0.390 e. The van der Waals surface area contributed by atoms with Crippen molar-refractivity contribution in [1.29, 1.82) is 0 Å². The second-order valence-corrected chi connectivity index (χ2v) is 7.06. The van der Waals surface area contributed by atoms with E-state index >= 15 is 0 Å². The summed E-state index contributed by atoms with van der Waals surface area (Å²) >= 11 is 0. The Labute approximate surface area is 161 Å². The fourth-order valence-corrected chi connectivity index (χ4v) is 3.08. The van der Waals surface area contributed by atoms with Crippen molar-refractivity contribution in [1.82, 2.24) is 4.90 Å². The van der Waals surface area contributed by atoms with Crippen molar-refractivity contribution >= 4 is 11.6 Å². The Balaban J connectivity index is 1.72. The first kappa shape index (κ1) is 19.9. The first-order valence-corrected chi connectivity index (χ1v) is 9.05. The van der Waals surface area contributed by atoms with E-state index in [4.69, 9.17) is 4.84 Å². The number of carbonyl (C=O) groups excluding carboxylic acids is 1. The molecule has 1 aliphatic rings. The molecule has 0 radical (unpaired) electrons. The summed E-state index contributed by atoms with van der Waals surface area (Å²) in [5.74, 6) is -2.20. The summed E-state index contributed by atoms with van der Waals surface area (Å²) in [5.41, 5.74) is 0.922. The predicted molar refractivity (Wildman–Crippen MR) is 99.0 cm³/mol. The molecule has 0 saturated carbocycles. The molecule has 0 aliphatic carbocycles. The second-order valence-electron chi connectivity index (χ2n) is 7.06. The van der Waals surface area contributed by atoms with Gasteiger partial charge in [0.25, 0.3) is 0 Å². The number of amides is 1. The lowest BCUT2D eigenvalue weighted by atomic mass is 10.0. The van der Waals surface area contributed by atoms with Gasteiger partial charge in [-0.05, 0) is 18.2 Å². The molecule has 0 unspecified atom stereocenters. The quantitative estimate of drug-likeness (QED) is 0.739. The van der Waals surface area contributed by atoms with Crippen LogP contribution in [-0.2, 0) is 16.2 Å². The molecule has 3 rings (SSSR count). The highest BCUT2D eigenvalue weighted by Crippen LogP contribution is 2.22. The molecule has 0 N–H and O–H groups in total. The van der Waals surface area contributed by atoms with Gasteiger partial charge in [-0.25, -0.2) is 13.2 Å². The van der Waals surface area contributed by atoms with Crippen molar-refractivity contribution in [2.24, 2.45) is 11.1 Å². The van der Waals surface area contributed by atoms with E-state index in [-0.39, 0.29) is 42.7 Å². The Morgan fingerprint density at radius 2 is 1.93 bits per heavy atom. The molecule has 0 spiro atoms. The molecule has 0 saturated heterocycles. The van der Waals surface area contributed by atoms with Gasteiger partial charge in [0.15, 0.2) is 6.10 Å². The maximum atomic E-state index is 14.0. The van der Waals surface area contributed by atoms with Gasteiger partial charge in [-0.3, -0.25) is 4.79 Å². The van der Waals surface area contributed by atoms with Crippen LogP contribution >= 0.6 is 0 Å². The summed E-state index contributed by atoms with van der Waals surface area (Å²) in [6, 6.07) is 9.52. The van der Waals surface area contributed by atoms with E-state index in [0.29, 0.717) is 11.3 Å². The van der Waals surface area contributed by atoms with Gasteiger partial charge in [-0.2, -0.15) is 0 Å². The van der Waals surface area contributed by atoms with E-state index in [9.17, 15) is 18.0 Å². The number of hydrogen-bond donors (Lipinski definition) is 0. The maximum Gasteiger partial charge on any atom is 0.225 e. The van der Waals surface area contributed by atoms with Crippen LogP contribution in [0.25, 0.3) is 0 Å². The Morgan fingerprint density at radius 3 is 2.61 bits per heavy atom. The Bertz CT molecular complexity index is 899. The third-order valence-corrected chi connectivity index (χ3v) is 4.52. The zero-order valence-electron chi connectivity index (χ0n) is 15.7. The molecule has 2 aromatic rings. The lowest BCUT2D eigenvalue weighted by molar-refractivity contribution is -0.137. The van der Waals surface area contributed by atoms with Crippen LogP contribution in [0.2, 0.25) is 0 Å². The van der Waals surface area contributed by atoms with Gasteiger partial charge in [-0.1, -0.05) is 37.2 Å². The van der Waals surface area contributed by atoms with Crippen molar-refractivity contribution in [3.05, 3.63) is 71.0 Å². The number of carbonyl (C=O) groups is 1. The molecule has 2 aromatic carbocycles. The Kier molecular flexibility index (Phi) is 6.02. The van der Waals surface area contributed by atoms with Gasteiger partial charge in [-0.15, -0.1) is 0 Å². The summed E-state index contributed by atoms with van der Waals surface area (Å²) in [6.07, 6.45) is -0.226. The molecule has 1 heterocycles. The normalized spacial score (nSPS) is 16.1. The van der Waals surface area contributed by atoms with Crippen molar-refractivity contribution in [3.63, 3.8) is 0 Å². The molecule has 0 fully saturated rings. The van der Waals surface area contributed by atoms with E-state index in [1.54, 1.807) is 32.0 Å². The second kappa shape index (κ2) is 8.46. The van der Waals surface area contributed by atoms with Gasteiger partial charge < -0.3 is 9.74 Å². The van der Waals surface area contributed by atoms with E-state index in [2.05, 4.69) is 5.16 Å². The summed E-state index contributed by atoms with van der Waals surface area (Å²) in [5, 5.41) is 3.90. The highest BCUT2D eigenvalue weighted by Gasteiger charge is 2.29. The largest absolute Gasteiger partial charge is 0.390 e. The van der Waals surface area contributed by atoms with Gasteiger partial charge in [0.1, 0.15) is 17.5 Å². The maximum absolute atomic E-state index is 14.0. The van der Waals surface area contributed by atoms with E-state index in [1.807, 2.05) is 0 Å². The van der Waals surface area contributed by atoms with Crippen LogP contribution in [0, 0.1) is 23.4 Å². The van der Waals surface area contributed by atoms with Crippen LogP contribution in [0.5, 0.6) is 0 Å². The molecular weight excluding hydrogens is 369 g/mol. The zero-order valence-corrected chi connectivity index (χ0v) is 15.7. The zero-order chi connectivity index (χ0) is 20.3. The Morgan fingerprint density at radius 1 is 1.18 bits per heavy atom. The molecule has 148 valence electrons. The topological polar surface area (TPSA) is 41.9 Å². The SMILES string of the molecule is CC(C)C(=O)N(Cc1ccccc1F)C[C@H]1CC(c2ccc(F)cc2F)=NO1. The van der Waals surface area contributed by atoms with Crippen LogP contribution in [-0.4, -0.2) is 29.2 Å². The first-order chi connectivity index (χ1) is 13.3. The lowest BCUT2D eigenvalue weighted by Crippen LogP contribution is -2.39. The predicted octanol–water partition coefficient (Wildman–Crippen LogP) is 4.28. The smallest absolute Gasteiger partial charge is 0.225 e. The average molecular weight is 390 g/mol. The molecular formula is C21H21F3N2O2. The molecule has 7 heteroatoms. The monoisotopic (exact) mass is 390 g/mol. The van der Waals surface area contributed by atoms with E-state index < -0.39 is 17.7 Å². The minimum atomic E-state index is -0.718. The Hall–Kier alpha value is -2.83. The van der Waals surface area contributed by atoms with Gasteiger partial charge in [0, 0.05) is 36.1 Å². The highest BCUT2D eigenvalue weighted by molar-refractivity contribution is 6.01. The number of hydrogen-bond acceptors (Lipinski definition) is 3. The fourth-order valence-electron chi connectivity index (χ4n) is 3.08. The molecule has 28 heavy (non-hydrogen) atoms. The number of rotatable bonds is 6. The highest BCUT2D eigenvalue weighted by atomic mass is 19.1. The van der Waals surface area contributed by atoms with Crippen LogP contribution < -0.4 is 0 Å². The number of halogens is 3. The fraction of sp³-hybridized carbons (Fsp3) is 0.333. The van der Waals surface area contributed by atoms with Crippen molar-refractivity contribution in [2.75, 3.05) is 6.54 Å². The van der Waals surface area contributed by atoms with Crippen molar-refractivity contribution in [3.8, 4) is 0 Å². The molecule has 1 amide bonds. The van der Waals surface area contributed by atoms with Crippen LogP contribution in [0.1, 0.15) is 31.4 Å². The van der Waals surface area contributed by atoms with Gasteiger partial charge in [0.2, 0.25) is 5.91 Å². The molecule has 4 nitrogen and oxygen atoms in total. The van der Waals surface area contributed by atoms with Gasteiger partial charge in [0.05, 0.1) is 12.3 Å². The van der Waals surface area contributed by atoms with E-state index in [0.717, 1.165) is 12.1 Å². The van der Waals surface area contributed by atoms with Crippen molar-refractivity contribution in [2.45, 2.75) is 32.9 Å². The number of benzene rings is 2. The summed E-state index contributed by atoms with van der Waals surface area (Å²) in [7, 11) is 0. The van der Waals surface area contributed by atoms with Gasteiger partial charge >= 0.3 is 0 Å². The molecule has 1 aliphatic heterocycles.